The number of amides is 1. The lowest BCUT2D eigenvalue weighted by atomic mass is 10.2. The second-order valence-electron chi connectivity index (χ2n) is 3.90. The van der Waals surface area contributed by atoms with Crippen molar-refractivity contribution in [1.82, 2.24) is 14.8 Å². The third-order valence-electron chi connectivity index (χ3n) is 2.62. The van der Waals surface area contributed by atoms with Gasteiger partial charge in [-0.05, 0) is 24.6 Å². The van der Waals surface area contributed by atoms with Gasteiger partial charge in [-0.2, -0.15) is 5.10 Å². The molecule has 0 aliphatic rings. The fourth-order valence-corrected chi connectivity index (χ4v) is 1.48. The molecule has 1 unspecified atom stereocenters. The van der Waals surface area contributed by atoms with Crippen LogP contribution in [0.5, 0.6) is 0 Å². The number of nitrogens with zero attached hydrogens (tertiary/aromatic N) is 3. The molecule has 1 heterocycles. The number of anilines is 1. The molecule has 0 saturated heterocycles. The van der Waals surface area contributed by atoms with Crippen molar-refractivity contribution < 1.29 is 9.90 Å². The van der Waals surface area contributed by atoms with E-state index in [1.807, 2.05) is 0 Å². The highest BCUT2D eigenvalue weighted by Gasteiger charge is 2.15. The van der Waals surface area contributed by atoms with Gasteiger partial charge in [0, 0.05) is 5.69 Å². The zero-order valence-electron chi connectivity index (χ0n) is 9.95. The summed E-state index contributed by atoms with van der Waals surface area (Å²) in [6.07, 6.45) is 2.89. The Balaban J connectivity index is 2.02. The minimum absolute atomic E-state index is 0.0103. The van der Waals surface area contributed by atoms with Crippen LogP contribution in [0.25, 0.3) is 0 Å². The summed E-state index contributed by atoms with van der Waals surface area (Å²) in [4.78, 5) is 15.7. The summed E-state index contributed by atoms with van der Waals surface area (Å²) < 4.78 is 1.48. The van der Waals surface area contributed by atoms with Crippen molar-refractivity contribution in [3.8, 4) is 0 Å². The van der Waals surface area contributed by atoms with Crippen LogP contribution < -0.4 is 5.32 Å². The predicted molar refractivity (Wildman–Crippen MR) is 65.7 cm³/mol. The van der Waals surface area contributed by atoms with Gasteiger partial charge in [0.2, 0.25) is 5.91 Å². The largest absolute Gasteiger partial charge is 0.392 e. The number of aromatic nitrogens is 3. The number of nitrogens with one attached hydrogen (secondary N) is 1. The van der Waals surface area contributed by atoms with Gasteiger partial charge in [0.1, 0.15) is 18.7 Å². The molecule has 2 rings (SSSR count). The van der Waals surface area contributed by atoms with Crippen LogP contribution in [-0.2, 0) is 11.4 Å². The fourth-order valence-electron chi connectivity index (χ4n) is 1.48. The topological polar surface area (TPSA) is 80.0 Å². The molecule has 6 nitrogen and oxygen atoms in total. The number of hydrogen-bond acceptors (Lipinski definition) is 4. The molecule has 1 amide bonds. The minimum Gasteiger partial charge on any atom is -0.392 e. The highest BCUT2D eigenvalue weighted by Crippen LogP contribution is 2.12. The van der Waals surface area contributed by atoms with Crippen LogP contribution in [0.4, 0.5) is 5.69 Å². The maximum Gasteiger partial charge on any atom is 0.249 e. The monoisotopic (exact) mass is 246 g/mol. The van der Waals surface area contributed by atoms with Crippen molar-refractivity contribution in [1.29, 1.82) is 0 Å². The highest BCUT2D eigenvalue weighted by molar-refractivity contribution is 5.93. The van der Waals surface area contributed by atoms with Crippen molar-refractivity contribution in [3.63, 3.8) is 0 Å². The normalized spacial score (nSPS) is 12.1. The Morgan fingerprint density at radius 2 is 2.17 bits per heavy atom. The molecule has 0 aliphatic heterocycles. The Bertz CT molecular complexity index is 507. The van der Waals surface area contributed by atoms with E-state index in [1.54, 1.807) is 31.2 Å². The average Bonchev–Trinajstić information content (AvgIpc) is 2.92. The van der Waals surface area contributed by atoms with Crippen molar-refractivity contribution in [2.24, 2.45) is 0 Å². The SMILES string of the molecule is CC(C(=O)Nc1ccc(CO)cc1)n1cncn1. The van der Waals surface area contributed by atoms with E-state index in [4.69, 9.17) is 5.11 Å². The molecule has 0 spiro atoms. The molecule has 0 radical (unpaired) electrons. The second-order valence-corrected chi connectivity index (χ2v) is 3.90. The van der Waals surface area contributed by atoms with Crippen molar-refractivity contribution in [3.05, 3.63) is 42.5 Å². The second kappa shape index (κ2) is 5.42. The molecule has 0 aliphatic carbocycles. The van der Waals surface area contributed by atoms with Gasteiger partial charge in [0.25, 0.3) is 0 Å². The highest BCUT2D eigenvalue weighted by atomic mass is 16.3. The van der Waals surface area contributed by atoms with Gasteiger partial charge in [0.15, 0.2) is 0 Å². The number of rotatable bonds is 4. The van der Waals surface area contributed by atoms with Crippen LogP contribution in [0.3, 0.4) is 0 Å². The number of carbonyl (C=O) groups excluding carboxylic acids is 1. The molecule has 94 valence electrons. The zero-order chi connectivity index (χ0) is 13.0. The van der Waals surface area contributed by atoms with E-state index in [0.29, 0.717) is 5.69 Å². The van der Waals surface area contributed by atoms with Crippen molar-refractivity contribution in [2.45, 2.75) is 19.6 Å². The van der Waals surface area contributed by atoms with Crippen LogP contribution in [-0.4, -0.2) is 25.8 Å². The Morgan fingerprint density at radius 3 is 2.72 bits per heavy atom. The molecular formula is C12H14N4O2. The lowest BCUT2D eigenvalue weighted by Gasteiger charge is -2.12. The minimum atomic E-state index is -0.426. The van der Waals surface area contributed by atoms with Crippen LogP contribution >= 0.6 is 0 Å². The van der Waals surface area contributed by atoms with Crippen LogP contribution in [0.15, 0.2) is 36.9 Å². The van der Waals surface area contributed by atoms with E-state index < -0.39 is 6.04 Å². The van der Waals surface area contributed by atoms with Gasteiger partial charge in [-0.15, -0.1) is 0 Å². The average molecular weight is 246 g/mol. The van der Waals surface area contributed by atoms with E-state index in [-0.39, 0.29) is 12.5 Å². The van der Waals surface area contributed by atoms with Gasteiger partial charge < -0.3 is 10.4 Å². The van der Waals surface area contributed by atoms with E-state index in [1.165, 1.54) is 17.3 Å². The third kappa shape index (κ3) is 2.72. The van der Waals surface area contributed by atoms with Gasteiger partial charge in [-0.1, -0.05) is 12.1 Å². The van der Waals surface area contributed by atoms with Gasteiger partial charge in [-0.25, -0.2) is 9.67 Å². The smallest absolute Gasteiger partial charge is 0.249 e. The van der Waals surface area contributed by atoms with E-state index in [2.05, 4.69) is 15.4 Å². The Hall–Kier alpha value is -2.21. The van der Waals surface area contributed by atoms with Gasteiger partial charge in [0.05, 0.1) is 6.61 Å². The molecule has 1 atom stereocenters. The van der Waals surface area contributed by atoms with Crippen LogP contribution in [0.1, 0.15) is 18.5 Å². The number of carbonyl (C=O) groups is 1. The first-order valence-electron chi connectivity index (χ1n) is 5.55. The Morgan fingerprint density at radius 1 is 1.44 bits per heavy atom. The molecular weight excluding hydrogens is 232 g/mol. The molecule has 1 aromatic heterocycles. The van der Waals surface area contributed by atoms with Crippen molar-refractivity contribution in [2.75, 3.05) is 5.32 Å². The lowest BCUT2D eigenvalue weighted by Crippen LogP contribution is -2.24. The summed E-state index contributed by atoms with van der Waals surface area (Å²) in [5, 5.41) is 15.6. The zero-order valence-corrected chi connectivity index (χ0v) is 9.95. The molecule has 6 heteroatoms. The quantitative estimate of drug-likeness (QED) is 0.842. The van der Waals surface area contributed by atoms with Crippen LogP contribution in [0, 0.1) is 0 Å². The molecule has 0 fully saturated rings. The summed E-state index contributed by atoms with van der Waals surface area (Å²) >= 11 is 0. The number of benzene rings is 1. The maximum atomic E-state index is 11.9. The summed E-state index contributed by atoms with van der Waals surface area (Å²) in [5.41, 5.74) is 1.49. The fraction of sp³-hybridized carbons (Fsp3) is 0.250. The van der Waals surface area contributed by atoms with E-state index >= 15 is 0 Å². The predicted octanol–water partition coefficient (Wildman–Crippen LogP) is 0.970. The summed E-state index contributed by atoms with van der Waals surface area (Å²) in [5.74, 6) is -0.169. The molecule has 18 heavy (non-hydrogen) atoms. The standard InChI is InChI=1S/C12H14N4O2/c1-9(16-8-13-7-14-16)12(18)15-11-4-2-10(6-17)3-5-11/h2-5,7-9,17H,6H2,1H3,(H,15,18). The molecule has 2 N–H and O–H groups in total. The number of aliphatic hydroxyl groups is 1. The molecule has 2 aromatic rings. The Kier molecular flexibility index (Phi) is 3.69. The number of hydrogen-bond donors (Lipinski definition) is 2. The first-order chi connectivity index (χ1) is 8.70. The van der Waals surface area contributed by atoms with E-state index in [0.717, 1.165) is 5.56 Å². The molecule has 0 bridgehead atoms. The van der Waals surface area contributed by atoms with Gasteiger partial charge >= 0.3 is 0 Å². The van der Waals surface area contributed by atoms with Crippen molar-refractivity contribution >= 4 is 11.6 Å². The third-order valence-corrected chi connectivity index (χ3v) is 2.62. The molecule has 0 saturated carbocycles. The summed E-state index contributed by atoms with van der Waals surface area (Å²) in [7, 11) is 0. The lowest BCUT2D eigenvalue weighted by molar-refractivity contribution is -0.119. The first kappa shape index (κ1) is 12.3. The van der Waals surface area contributed by atoms with Crippen LogP contribution in [0.2, 0.25) is 0 Å². The Labute approximate surface area is 104 Å². The molecule has 1 aromatic carbocycles. The first-order valence-corrected chi connectivity index (χ1v) is 5.55. The van der Waals surface area contributed by atoms with Gasteiger partial charge in [-0.3, -0.25) is 4.79 Å². The van der Waals surface area contributed by atoms with E-state index in [9.17, 15) is 4.79 Å². The summed E-state index contributed by atoms with van der Waals surface area (Å²) in [6, 6.07) is 6.59. The summed E-state index contributed by atoms with van der Waals surface area (Å²) in [6.45, 7) is 1.73. The maximum absolute atomic E-state index is 11.9. The number of aliphatic hydroxyl groups excluding tert-OH is 1.